The highest BCUT2D eigenvalue weighted by Gasteiger charge is 2.27. The summed E-state index contributed by atoms with van der Waals surface area (Å²) in [5.41, 5.74) is -0.327. The topological polar surface area (TPSA) is 69.6 Å². The smallest absolute Gasteiger partial charge is 0.305 e. The van der Waals surface area contributed by atoms with E-state index in [0.29, 0.717) is 12.5 Å². The van der Waals surface area contributed by atoms with Gasteiger partial charge in [-0.25, -0.2) is 0 Å². The summed E-state index contributed by atoms with van der Waals surface area (Å²) < 4.78 is 0. The molecule has 1 unspecified atom stereocenters. The number of nitrogens with one attached hydrogen (secondary N) is 1. The van der Waals surface area contributed by atoms with Gasteiger partial charge in [0.25, 0.3) is 0 Å². The Morgan fingerprint density at radius 1 is 1.25 bits per heavy atom. The van der Waals surface area contributed by atoms with Crippen LogP contribution in [-0.4, -0.2) is 46.6 Å². The summed E-state index contributed by atoms with van der Waals surface area (Å²) in [6.07, 6.45) is 4.93. The lowest BCUT2D eigenvalue weighted by Crippen LogP contribution is -2.47. The average Bonchev–Trinajstić information content (AvgIpc) is 2.35. The van der Waals surface area contributed by atoms with Crippen molar-refractivity contribution in [3.8, 4) is 0 Å². The first-order valence-corrected chi connectivity index (χ1v) is 7.56. The van der Waals surface area contributed by atoms with Crippen molar-refractivity contribution in [2.24, 2.45) is 0 Å². The molecule has 5 heteroatoms. The molecule has 1 fully saturated rings. The van der Waals surface area contributed by atoms with Crippen LogP contribution in [0.1, 0.15) is 59.3 Å². The molecule has 116 valence electrons. The first-order valence-electron chi connectivity index (χ1n) is 7.56. The average molecular weight is 284 g/mol. The van der Waals surface area contributed by atoms with Crippen LogP contribution in [-0.2, 0) is 9.59 Å². The maximum Gasteiger partial charge on any atom is 0.305 e. The highest BCUT2D eigenvalue weighted by Crippen LogP contribution is 2.18. The molecule has 1 aliphatic heterocycles. The normalized spacial score (nSPS) is 19.6. The summed E-state index contributed by atoms with van der Waals surface area (Å²) in [6, 6.07) is 0.439. The molecule has 1 rings (SSSR count). The van der Waals surface area contributed by atoms with Crippen LogP contribution in [0, 0.1) is 0 Å². The van der Waals surface area contributed by atoms with E-state index in [9.17, 15) is 9.59 Å². The highest BCUT2D eigenvalue weighted by molar-refractivity contribution is 5.77. The Kier molecular flexibility index (Phi) is 6.46. The molecule has 0 saturated carbocycles. The molecular weight excluding hydrogens is 256 g/mol. The Labute approximate surface area is 121 Å². The summed E-state index contributed by atoms with van der Waals surface area (Å²) in [7, 11) is 0. The molecule has 0 spiro atoms. The number of carbonyl (C=O) groups is 2. The Balaban J connectivity index is 2.47. The number of nitrogens with zero attached hydrogens (tertiary/aromatic N) is 1. The van der Waals surface area contributed by atoms with Gasteiger partial charge in [0.05, 0.1) is 6.42 Å². The van der Waals surface area contributed by atoms with Crippen molar-refractivity contribution in [2.45, 2.75) is 70.9 Å². The van der Waals surface area contributed by atoms with Crippen LogP contribution in [0.2, 0.25) is 0 Å². The maximum atomic E-state index is 12.4. The zero-order valence-electron chi connectivity index (χ0n) is 12.9. The lowest BCUT2D eigenvalue weighted by atomic mass is 9.99. The molecule has 0 aromatic carbocycles. The van der Waals surface area contributed by atoms with E-state index in [-0.39, 0.29) is 24.4 Å². The van der Waals surface area contributed by atoms with E-state index in [4.69, 9.17) is 5.11 Å². The summed E-state index contributed by atoms with van der Waals surface area (Å²) in [5.74, 6) is -0.799. The minimum atomic E-state index is -0.860. The summed E-state index contributed by atoms with van der Waals surface area (Å²) in [5, 5.41) is 12.2. The van der Waals surface area contributed by atoms with Crippen molar-refractivity contribution in [1.29, 1.82) is 0 Å². The molecule has 0 aromatic heterocycles. The van der Waals surface area contributed by atoms with E-state index >= 15 is 0 Å². The van der Waals surface area contributed by atoms with Crippen LogP contribution in [0.25, 0.3) is 0 Å². The zero-order chi connectivity index (χ0) is 15.2. The number of carboxylic acids is 1. The summed E-state index contributed by atoms with van der Waals surface area (Å²) >= 11 is 0. The predicted molar refractivity (Wildman–Crippen MR) is 78.6 cm³/mol. The lowest BCUT2D eigenvalue weighted by molar-refractivity contribution is -0.140. The molecule has 1 aliphatic rings. The third-order valence-electron chi connectivity index (χ3n) is 3.78. The quantitative estimate of drug-likeness (QED) is 0.783. The number of aliphatic carboxylic acids is 1. The number of carboxylic acid groups (broad SMARTS) is 1. The van der Waals surface area contributed by atoms with Gasteiger partial charge in [-0.3, -0.25) is 9.59 Å². The molecular formula is C15H28N2O3. The van der Waals surface area contributed by atoms with Gasteiger partial charge in [0.15, 0.2) is 0 Å². The second-order valence-corrected chi connectivity index (χ2v) is 6.55. The van der Waals surface area contributed by atoms with Crippen LogP contribution < -0.4 is 5.32 Å². The molecule has 0 bridgehead atoms. The molecule has 1 heterocycles. The number of hydrogen-bond acceptors (Lipinski definition) is 3. The van der Waals surface area contributed by atoms with Crippen LogP contribution in [0.4, 0.5) is 0 Å². The first kappa shape index (κ1) is 17.0. The van der Waals surface area contributed by atoms with Crippen LogP contribution >= 0.6 is 0 Å². The monoisotopic (exact) mass is 284 g/mol. The molecule has 1 saturated heterocycles. The fourth-order valence-corrected chi connectivity index (χ4v) is 2.64. The third kappa shape index (κ3) is 5.90. The number of amides is 1. The predicted octanol–water partition coefficient (Wildman–Crippen LogP) is 2.01. The molecule has 1 amide bonds. The van der Waals surface area contributed by atoms with Gasteiger partial charge in [0.2, 0.25) is 5.91 Å². The van der Waals surface area contributed by atoms with Crippen LogP contribution in [0.5, 0.6) is 0 Å². The molecule has 0 aliphatic carbocycles. The van der Waals surface area contributed by atoms with Gasteiger partial charge in [-0.1, -0.05) is 6.42 Å². The van der Waals surface area contributed by atoms with Gasteiger partial charge in [-0.2, -0.15) is 0 Å². The van der Waals surface area contributed by atoms with E-state index in [2.05, 4.69) is 5.32 Å². The van der Waals surface area contributed by atoms with Crippen molar-refractivity contribution in [2.75, 3.05) is 13.1 Å². The molecule has 2 N–H and O–H groups in total. The van der Waals surface area contributed by atoms with Crippen molar-refractivity contribution in [1.82, 2.24) is 10.2 Å². The van der Waals surface area contributed by atoms with E-state index in [1.54, 1.807) is 4.90 Å². The van der Waals surface area contributed by atoms with Crippen molar-refractivity contribution >= 4 is 11.9 Å². The van der Waals surface area contributed by atoms with E-state index in [0.717, 1.165) is 19.4 Å². The largest absolute Gasteiger partial charge is 0.481 e. The summed E-state index contributed by atoms with van der Waals surface area (Å²) in [4.78, 5) is 24.8. The fourth-order valence-electron chi connectivity index (χ4n) is 2.64. The number of piperidine rings is 1. The Morgan fingerprint density at radius 2 is 1.95 bits per heavy atom. The molecule has 5 nitrogen and oxygen atoms in total. The Morgan fingerprint density at radius 3 is 2.45 bits per heavy atom. The fraction of sp³-hybridized carbons (Fsp3) is 0.867. The maximum absolute atomic E-state index is 12.4. The van der Waals surface area contributed by atoms with Crippen molar-refractivity contribution in [3.63, 3.8) is 0 Å². The Bertz CT molecular complexity index is 331. The van der Waals surface area contributed by atoms with Gasteiger partial charge in [-0.05, 0) is 46.6 Å². The Hall–Kier alpha value is -1.10. The van der Waals surface area contributed by atoms with Gasteiger partial charge in [0, 0.05) is 24.5 Å². The minimum absolute atomic E-state index is 0.00465. The first-order chi connectivity index (χ1) is 9.30. The highest BCUT2D eigenvalue weighted by atomic mass is 16.4. The SMILES string of the molecule is CC(C)(C)N(CCC(=O)O)C(=O)CCC1CCCCN1. The number of hydrogen-bond donors (Lipinski definition) is 2. The third-order valence-corrected chi connectivity index (χ3v) is 3.78. The van der Waals surface area contributed by atoms with Crippen molar-refractivity contribution < 1.29 is 14.7 Å². The van der Waals surface area contributed by atoms with Crippen LogP contribution in [0.3, 0.4) is 0 Å². The van der Waals surface area contributed by atoms with E-state index in [1.807, 2.05) is 20.8 Å². The van der Waals surface area contributed by atoms with E-state index < -0.39 is 5.97 Å². The van der Waals surface area contributed by atoms with Gasteiger partial charge in [-0.15, -0.1) is 0 Å². The second kappa shape index (κ2) is 7.62. The molecule has 1 atom stereocenters. The standard InChI is InChI=1S/C15H28N2O3/c1-15(2,3)17(11-9-14(19)20)13(18)8-7-12-6-4-5-10-16-12/h12,16H,4-11H2,1-3H3,(H,19,20). The second-order valence-electron chi connectivity index (χ2n) is 6.55. The number of carbonyl (C=O) groups excluding carboxylic acids is 1. The van der Waals surface area contributed by atoms with Gasteiger partial charge in [0.1, 0.15) is 0 Å². The molecule has 0 aromatic rings. The molecule has 0 radical (unpaired) electrons. The van der Waals surface area contributed by atoms with E-state index in [1.165, 1.54) is 12.8 Å². The van der Waals surface area contributed by atoms with Gasteiger partial charge >= 0.3 is 5.97 Å². The van der Waals surface area contributed by atoms with Gasteiger partial charge < -0.3 is 15.3 Å². The zero-order valence-corrected chi connectivity index (χ0v) is 12.9. The molecule has 20 heavy (non-hydrogen) atoms. The van der Waals surface area contributed by atoms with Crippen LogP contribution in [0.15, 0.2) is 0 Å². The lowest BCUT2D eigenvalue weighted by Gasteiger charge is -2.36. The summed E-state index contributed by atoms with van der Waals surface area (Å²) in [6.45, 7) is 7.18. The number of rotatable bonds is 6. The minimum Gasteiger partial charge on any atom is -0.481 e. The van der Waals surface area contributed by atoms with Crippen molar-refractivity contribution in [3.05, 3.63) is 0 Å².